The molecule has 0 aromatic carbocycles. The molecule has 0 fully saturated rings. The lowest BCUT2D eigenvalue weighted by atomic mass is 10.2. The number of hydrogen-bond donors (Lipinski definition) is 1. The largest absolute Gasteiger partial charge is 0.399 e. The van der Waals surface area contributed by atoms with E-state index < -0.39 is 0 Å². The third-order valence-electron chi connectivity index (χ3n) is 1.30. The molecule has 0 aromatic heterocycles. The minimum atomic E-state index is 0.516. The van der Waals surface area contributed by atoms with Crippen molar-refractivity contribution < 1.29 is 0 Å². The van der Waals surface area contributed by atoms with Gasteiger partial charge in [-0.15, -0.1) is 0 Å². The fraction of sp³-hybridized carbons (Fsp3) is 0.400. The van der Waals surface area contributed by atoms with Gasteiger partial charge in [-0.3, -0.25) is 0 Å². The van der Waals surface area contributed by atoms with Gasteiger partial charge in [0.25, 0.3) is 0 Å². The summed E-state index contributed by atoms with van der Waals surface area (Å²) in [4.78, 5) is 0. The average molecular weight is 151 g/mol. The van der Waals surface area contributed by atoms with Crippen molar-refractivity contribution in [2.75, 3.05) is 0 Å². The Hall–Kier alpha value is -0.980. The molecule has 1 rings (SSSR count). The molecule has 0 bridgehead atoms. The Morgan fingerprint density at radius 2 is 1.91 bits per heavy atom. The van der Waals surface area contributed by atoms with Crippen LogP contribution in [0.1, 0.15) is 20.8 Å². The van der Waals surface area contributed by atoms with Crippen molar-refractivity contribution in [3.63, 3.8) is 0 Å². The molecule has 1 unspecified atom stereocenters. The van der Waals surface area contributed by atoms with Crippen LogP contribution in [0.25, 0.3) is 0 Å². The summed E-state index contributed by atoms with van der Waals surface area (Å²) < 4.78 is 0. The van der Waals surface area contributed by atoms with Gasteiger partial charge in [-0.1, -0.05) is 39.0 Å². The van der Waals surface area contributed by atoms with Gasteiger partial charge in [0, 0.05) is 5.70 Å². The zero-order valence-corrected chi connectivity index (χ0v) is 7.54. The van der Waals surface area contributed by atoms with Gasteiger partial charge in [0.1, 0.15) is 0 Å². The molecule has 11 heavy (non-hydrogen) atoms. The Labute approximate surface area is 69.3 Å². The number of nitrogens with two attached hydrogens (primary N) is 1. The summed E-state index contributed by atoms with van der Waals surface area (Å²) in [6.45, 7) is 6.12. The van der Waals surface area contributed by atoms with E-state index in [9.17, 15) is 0 Å². The van der Waals surface area contributed by atoms with Crippen LogP contribution < -0.4 is 5.73 Å². The molecular weight excluding hydrogens is 134 g/mol. The summed E-state index contributed by atoms with van der Waals surface area (Å²) in [5.74, 6) is 0.516. The summed E-state index contributed by atoms with van der Waals surface area (Å²) >= 11 is 0. The molecule has 0 aromatic rings. The smallest absolute Gasteiger partial charge is 0.0310 e. The lowest BCUT2D eigenvalue weighted by Crippen LogP contribution is -1.90. The predicted octanol–water partition coefficient (Wildman–Crippen LogP) is 2.62. The molecule has 0 heterocycles. The van der Waals surface area contributed by atoms with Gasteiger partial charge in [-0.2, -0.15) is 0 Å². The van der Waals surface area contributed by atoms with E-state index in [2.05, 4.69) is 19.1 Å². The first-order valence-electron chi connectivity index (χ1n) is 4.11. The van der Waals surface area contributed by atoms with Crippen LogP contribution in [0.2, 0.25) is 0 Å². The molecule has 0 spiro atoms. The highest BCUT2D eigenvalue weighted by Gasteiger charge is 1.91. The van der Waals surface area contributed by atoms with E-state index in [1.807, 2.05) is 32.1 Å². The Morgan fingerprint density at radius 3 is 2.55 bits per heavy atom. The molecule has 0 saturated heterocycles. The van der Waals surface area contributed by atoms with Crippen LogP contribution in [0, 0.1) is 5.92 Å². The van der Waals surface area contributed by atoms with Crippen LogP contribution in [0.5, 0.6) is 0 Å². The average Bonchev–Trinajstić information content (AvgIpc) is 2.20. The van der Waals surface area contributed by atoms with Crippen LogP contribution in [0.4, 0.5) is 0 Å². The van der Waals surface area contributed by atoms with Gasteiger partial charge < -0.3 is 5.73 Å². The van der Waals surface area contributed by atoms with E-state index >= 15 is 0 Å². The van der Waals surface area contributed by atoms with E-state index in [1.54, 1.807) is 0 Å². The summed E-state index contributed by atoms with van der Waals surface area (Å²) in [7, 11) is 0. The molecule has 1 atom stereocenters. The van der Waals surface area contributed by atoms with E-state index in [0.29, 0.717) is 5.92 Å². The van der Waals surface area contributed by atoms with Crippen LogP contribution in [-0.2, 0) is 0 Å². The molecule has 1 aliphatic rings. The van der Waals surface area contributed by atoms with Gasteiger partial charge in [-0.05, 0) is 18.1 Å². The monoisotopic (exact) mass is 151 g/mol. The van der Waals surface area contributed by atoms with Gasteiger partial charge in [0.15, 0.2) is 0 Å². The van der Waals surface area contributed by atoms with Crippen molar-refractivity contribution in [2.24, 2.45) is 11.7 Å². The molecule has 0 saturated carbocycles. The molecular formula is C10H17N. The second-order valence-electron chi connectivity index (χ2n) is 2.27. The quantitative estimate of drug-likeness (QED) is 0.566. The lowest BCUT2D eigenvalue weighted by molar-refractivity contribution is 0.941. The van der Waals surface area contributed by atoms with Gasteiger partial charge in [-0.25, -0.2) is 0 Å². The van der Waals surface area contributed by atoms with Crippen molar-refractivity contribution in [3.05, 3.63) is 36.1 Å². The Morgan fingerprint density at radius 1 is 1.27 bits per heavy atom. The number of hydrogen-bond acceptors (Lipinski definition) is 1. The van der Waals surface area contributed by atoms with Crippen LogP contribution in [-0.4, -0.2) is 0 Å². The third kappa shape index (κ3) is 4.43. The SMILES string of the molecule is CC.CC1C=CC=C(N)C=C1. The van der Waals surface area contributed by atoms with Crippen molar-refractivity contribution in [3.8, 4) is 0 Å². The molecule has 0 radical (unpaired) electrons. The Balaban J connectivity index is 0.000000461. The fourth-order valence-electron chi connectivity index (χ4n) is 0.725. The highest BCUT2D eigenvalue weighted by Crippen LogP contribution is 2.05. The molecule has 1 heteroatoms. The molecule has 0 aliphatic heterocycles. The molecule has 1 aliphatic carbocycles. The van der Waals surface area contributed by atoms with Gasteiger partial charge in [0.2, 0.25) is 0 Å². The first kappa shape index (κ1) is 10.0. The normalized spacial score (nSPS) is 21.4. The molecule has 0 amide bonds. The minimum absolute atomic E-state index is 0.516. The van der Waals surface area contributed by atoms with Crippen molar-refractivity contribution in [2.45, 2.75) is 20.8 Å². The van der Waals surface area contributed by atoms with E-state index in [1.165, 1.54) is 0 Å². The second kappa shape index (κ2) is 5.78. The standard InChI is InChI=1S/C8H11N.C2H6/c1-7-3-2-4-8(9)6-5-7;1-2/h2-7H,9H2,1H3;1-2H3. The maximum Gasteiger partial charge on any atom is 0.0310 e. The summed E-state index contributed by atoms with van der Waals surface area (Å²) in [5.41, 5.74) is 6.35. The van der Waals surface area contributed by atoms with E-state index in [4.69, 9.17) is 5.73 Å². The van der Waals surface area contributed by atoms with E-state index in [0.717, 1.165) is 5.70 Å². The van der Waals surface area contributed by atoms with Crippen molar-refractivity contribution in [1.29, 1.82) is 0 Å². The molecule has 2 N–H and O–H groups in total. The highest BCUT2D eigenvalue weighted by atomic mass is 14.5. The summed E-state index contributed by atoms with van der Waals surface area (Å²) in [6, 6.07) is 0. The van der Waals surface area contributed by atoms with Crippen LogP contribution in [0.15, 0.2) is 36.1 Å². The first-order valence-corrected chi connectivity index (χ1v) is 4.11. The zero-order chi connectivity index (χ0) is 8.69. The summed E-state index contributed by atoms with van der Waals surface area (Å²) in [5, 5.41) is 0. The summed E-state index contributed by atoms with van der Waals surface area (Å²) in [6.07, 6.45) is 10.0. The Bertz CT molecular complexity index is 175. The number of rotatable bonds is 0. The van der Waals surface area contributed by atoms with Crippen LogP contribution in [0.3, 0.4) is 0 Å². The third-order valence-corrected chi connectivity index (χ3v) is 1.30. The first-order chi connectivity index (χ1) is 5.29. The zero-order valence-electron chi connectivity index (χ0n) is 7.54. The maximum atomic E-state index is 5.52. The predicted molar refractivity (Wildman–Crippen MR) is 51.1 cm³/mol. The van der Waals surface area contributed by atoms with Crippen LogP contribution >= 0.6 is 0 Å². The highest BCUT2D eigenvalue weighted by molar-refractivity contribution is 5.25. The second-order valence-corrected chi connectivity index (χ2v) is 2.27. The number of allylic oxidation sites excluding steroid dienone is 5. The maximum absolute atomic E-state index is 5.52. The van der Waals surface area contributed by atoms with Gasteiger partial charge in [0.05, 0.1) is 0 Å². The van der Waals surface area contributed by atoms with E-state index in [-0.39, 0.29) is 0 Å². The van der Waals surface area contributed by atoms with Gasteiger partial charge >= 0.3 is 0 Å². The Kier molecular flexibility index (Phi) is 5.26. The van der Waals surface area contributed by atoms with Crippen molar-refractivity contribution in [1.82, 2.24) is 0 Å². The molecule has 1 nitrogen and oxygen atoms in total. The fourth-order valence-corrected chi connectivity index (χ4v) is 0.725. The topological polar surface area (TPSA) is 26.0 Å². The van der Waals surface area contributed by atoms with Crippen molar-refractivity contribution >= 4 is 0 Å². The lowest BCUT2D eigenvalue weighted by Gasteiger charge is -1.91. The molecule has 62 valence electrons. The minimum Gasteiger partial charge on any atom is -0.399 e.